The van der Waals surface area contributed by atoms with Crippen molar-refractivity contribution in [3.8, 4) is 11.8 Å². The average Bonchev–Trinajstić information content (AvgIpc) is 2.29. The van der Waals surface area contributed by atoms with E-state index in [-0.39, 0.29) is 0 Å². The van der Waals surface area contributed by atoms with Gasteiger partial charge in [0.25, 0.3) is 0 Å². The van der Waals surface area contributed by atoms with Gasteiger partial charge in [-0.05, 0) is 37.6 Å². The van der Waals surface area contributed by atoms with Crippen molar-refractivity contribution in [1.82, 2.24) is 4.90 Å². The van der Waals surface area contributed by atoms with Gasteiger partial charge in [-0.2, -0.15) is 5.26 Å². The molecule has 0 amide bonds. The predicted octanol–water partition coefficient (Wildman–Crippen LogP) is 2.62. The van der Waals surface area contributed by atoms with Crippen molar-refractivity contribution in [2.24, 2.45) is 0 Å². The van der Waals surface area contributed by atoms with Gasteiger partial charge in [0.05, 0.1) is 12.5 Å². The molecule has 1 aromatic rings. The maximum atomic E-state index is 8.59. The summed E-state index contributed by atoms with van der Waals surface area (Å²) in [5, 5.41) is 8.59. The zero-order valence-corrected chi connectivity index (χ0v) is 10.9. The summed E-state index contributed by atoms with van der Waals surface area (Å²) < 4.78 is 5.70. The Balaban J connectivity index is 1.71. The lowest BCUT2D eigenvalue weighted by molar-refractivity contribution is 0.135. The number of nitriles is 1. The number of likely N-dealkylation sites (N-methyl/N-ethyl adjacent to an activating group) is 1. The van der Waals surface area contributed by atoms with Crippen molar-refractivity contribution in [3.63, 3.8) is 0 Å². The topological polar surface area (TPSA) is 36.3 Å². The van der Waals surface area contributed by atoms with Crippen LogP contribution in [0, 0.1) is 11.3 Å². The van der Waals surface area contributed by atoms with E-state index >= 15 is 0 Å². The summed E-state index contributed by atoms with van der Waals surface area (Å²) in [4.78, 5) is 2.38. The molecular weight excluding hydrogens is 224 g/mol. The molecule has 0 aromatic heterocycles. The minimum absolute atomic E-state index is 0.463. The molecule has 96 valence electrons. The lowest BCUT2D eigenvalue weighted by Gasteiger charge is -2.34. The second kappa shape index (κ2) is 6.42. The molecule has 0 atom stereocenters. The third kappa shape index (κ3) is 3.48. The fourth-order valence-corrected chi connectivity index (χ4v) is 2.11. The van der Waals surface area contributed by atoms with E-state index in [9.17, 15) is 0 Å². The van der Waals surface area contributed by atoms with Crippen LogP contribution in [0.15, 0.2) is 24.3 Å². The monoisotopic (exact) mass is 244 g/mol. The summed E-state index contributed by atoms with van der Waals surface area (Å²) in [6.45, 7) is 1.70. The van der Waals surface area contributed by atoms with E-state index in [1.807, 2.05) is 24.3 Å². The highest BCUT2D eigenvalue weighted by molar-refractivity contribution is 5.28. The molecule has 1 saturated carbocycles. The van der Waals surface area contributed by atoms with Crippen LogP contribution in [0.2, 0.25) is 0 Å². The first-order chi connectivity index (χ1) is 8.79. The highest BCUT2D eigenvalue weighted by Crippen LogP contribution is 2.23. The van der Waals surface area contributed by atoms with E-state index in [0.29, 0.717) is 6.42 Å². The summed E-state index contributed by atoms with van der Waals surface area (Å²) in [5.41, 5.74) is 1.04. The number of nitrogens with zero attached hydrogens (tertiary/aromatic N) is 2. The molecule has 0 N–H and O–H groups in total. The van der Waals surface area contributed by atoms with Crippen molar-refractivity contribution in [1.29, 1.82) is 5.26 Å². The Bertz CT molecular complexity index is 403. The number of hydrogen-bond acceptors (Lipinski definition) is 3. The van der Waals surface area contributed by atoms with Crippen molar-refractivity contribution in [2.75, 3.05) is 20.2 Å². The van der Waals surface area contributed by atoms with Crippen molar-refractivity contribution in [2.45, 2.75) is 31.7 Å². The highest BCUT2D eigenvalue weighted by atomic mass is 16.5. The first-order valence-electron chi connectivity index (χ1n) is 6.58. The Labute approximate surface area is 109 Å². The number of rotatable bonds is 6. The van der Waals surface area contributed by atoms with Crippen LogP contribution in [0.1, 0.15) is 24.8 Å². The van der Waals surface area contributed by atoms with Crippen LogP contribution in [0.25, 0.3) is 0 Å². The van der Waals surface area contributed by atoms with Gasteiger partial charge in [0.1, 0.15) is 12.4 Å². The van der Waals surface area contributed by atoms with E-state index in [0.717, 1.165) is 30.5 Å². The third-order valence-corrected chi connectivity index (χ3v) is 3.62. The third-order valence-electron chi connectivity index (χ3n) is 3.62. The van der Waals surface area contributed by atoms with Crippen LogP contribution in [0.4, 0.5) is 0 Å². The lowest BCUT2D eigenvalue weighted by atomic mass is 9.92. The maximum absolute atomic E-state index is 8.59. The van der Waals surface area contributed by atoms with Crippen LogP contribution >= 0.6 is 0 Å². The van der Waals surface area contributed by atoms with Crippen LogP contribution in [-0.2, 0) is 6.42 Å². The zero-order valence-electron chi connectivity index (χ0n) is 10.9. The summed E-state index contributed by atoms with van der Waals surface area (Å²) in [6, 6.07) is 10.7. The van der Waals surface area contributed by atoms with Crippen molar-refractivity contribution >= 4 is 0 Å². The molecule has 0 bridgehead atoms. The molecule has 0 heterocycles. The smallest absolute Gasteiger partial charge is 0.119 e. The standard InChI is InChI=1S/C15H20N2O/c1-17(14-3-2-4-14)11-12-18-15-7-5-13(6-8-15)9-10-16/h5-8,14H,2-4,9,11-12H2,1H3. The van der Waals surface area contributed by atoms with E-state index in [2.05, 4.69) is 18.0 Å². The summed E-state index contributed by atoms with van der Waals surface area (Å²) in [5.74, 6) is 0.888. The Morgan fingerprint density at radius 2 is 2.06 bits per heavy atom. The van der Waals surface area contributed by atoms with Crippen LogP contribution in [-0.4, -0.2) is 31.1 Å². The number of hydrogen-bond donors (Lipinski definition) is 0. The SMILES string of the molecule is CN(CCOc1ccc(CC#N)cc1)C1CCC1. The molecule has 2 rings (SSSR count). The van der Waals surface area contributed by atoms with E-state index in [4.69, 9.17) is 10.00 Å². The number of benzene rings is 1. The van der Waals surface area contributed by atoms with Gasteiger partial charge < -0.3 is 9.64 Å². The lowest BCUT2D eigenvalue weighted by Crippen LogP contribution is -2.39. The van der Waals surface area contributed by atoms with Gasteiger partial charge in [-0.3, -0.25) is 0 Å². The van der Waals surface area contributed by atoms with Gasteiger partial charge in [-0.25, -0.2) is 0 Å². The highest BCUT2D eigenvalue weighted by Gasteiger charge is 2.21. The Hall–Kier alpha value is -1.53. The Kier molecular flexibility index (Phi) is 4.60. The first kappa shape index (κ1) is 12.9. The molecule has 3 nitrogen and oxygen atoms in total. The zero-order chi connectivity index (χ0) is 12.8. The van der Waals surface area contributed by atoms with Crippen LogP contribution in [0.5, 0.6) is 5.75 Å². The van der Waals surface area contributed by atoms with Gasteiger partial charge in [-0.15, -0.1) is 0 Å². The van der Waals surface area contributed by atoms with Crippen molar-refractivity contribution in [3.05, 3.63) is 29.8 Å². The molecule has 1 aliphatic rings. The van der Waals surface area contributed by atoms with Gasteiger partial charge in [0.2, 0.25) is 0 Å². The molecule has 1 fully saturated rings. The normalized spacial score (nSPS) is 15.2. The fraction of sp³-hybridized carbons (Fsp3) is 0.533. The summed E-state index contributed by atoms with van der Waals surface area (Å²) in [7, 11) is 2.17. The first-order valence-corrected chi connectivity index (χ1v) is 6.58. The summed E-state index contributed by atoms with van der Waals surface area (Å²) >= 11 is 0. The second-order valence-electron chi connectivity index (χ2n) is 4.89. The molecule has 1 aromatic carbocycles. The molecule has 0 aliphatic heterocycles. The van der Waals surface area contributed by atoms with Gasteiger partial charge in [0.15, 0.2) is 0 Å². The maximum Gasteiger partial charge on any atom is 0.119 e. The van der Waals surface area contributed by atoms with Gasteiger partial charge >= 0.3 is 0 Å². The fourth-order valence-electron chi connectivity index (χ4n) is 2.11. The molecule has 0 radical (unpaired) electrons. The minimum atomic E-state index is 0.463. The Morgan fingerprint density at radius 1 is 1.33 bits per heavy atom. The van der Waals surface area contributed by atoms with Crippen molar-refractivity contribution < 1.29 is 4.74 Å². The van der Waals surface area contributed by atoms with E-state index in [1.165, 1.54) is 19.3 Å². The van der Waals surface area contributed by atoms with Crippen LogP contribution in [0.3, 0.4) is 0 Å². The second-order valence-corrected chi connectivity index (χ2v) is 4.89. The minimum Gasteiger partial charge on any atom is -0.492 e. The quantitative estimate of drug-likeness (QED) is 0.771. The molecule has 1 aliphatic carbocycles. The molecule has 0 spiro atoms. The molecule has 0 unspecified atom stereocenters. The molecule has 3 heteroatoms. The van der Waals surface area contributed by atoms with E-state index in [1.54, 1.807) is 0 Å². The largest absolute Gasteiger partial charge is 0.492 e. The van der Waals surface area contributed by atoms with E-state index < -0.39 is 0 Å². The van der Waals surface area contributed by atoms with Crippen LogP contribution < -0.4 is 4.74 Å². The Morgan fingerprint density at radius 3 is 2.61 bits per heavy atom. The molecule has 18 heavy (non-hydrogen) atoms. The molecule has 0 saturated heterocycles. The van der Waals surface area contributed by atoms with Gasteiger partial charge in [-0.1, -0.05) is 18.6 Å². The predicted molar refractivity (Wildman–Crippen MR) is 71.5 cm³/mol. The van der Waals surface area contributed by atoms with Gasteiger partial charge in [0, 0.05) is 12.6 Å². The molecular formula is C15H20N2O. The summed E-state index contributed by atoms with van der Waals surface area (Å²) in [6.07, 6.45) is 4.50. The number of ether oxygens (including phenoxy) is 1. The average molecular weight is 244 g/mol.